The highest BCUT2D eigenvalue weighted by atomic mass is 16.4. The lowest BCUT2D eigenvalue weighted by Gasteiger charge is -2.33. The summed E-state index contributed by atoms with van der Waals surface area (Å²) in [6.45, 7) is 2.84. The van der Waals surface area contributed by atoms with Crippen molar-refractivity contribution in [3.63, 3.8) is 0 Å². The van der Waals surface area contributed by atoms with E-state index in [-0.39, 0.29) is 11.4 Å². The minimum absolute atomic E-state index is 0.187. The highest BCUT2D eigenvalue weighted by Crippen LogP contribution is 2.31. The summed E-state index contributed by atoms with van der Waals surface area (Å²) in [5.74, 6) is -1.40. The van der Waals surface area contributed by atoms with E-state index >= 15 is 0 Å². The standard InChI is InChI=1S/C29H29N5O4/c1-18-28(37)27(29(38)31-17-25(35)36)33-24(32-18)16-19-11-14-34(15-12-19)22-9-7-20(8-10-22)23-6-2-4-21-5-3-13-30-26(21)23/h2-10,13,19,37H,11-12,14-17H2,1H3,(H,31,38)(H,35,36). The number of piperidine rings is 1. The van der Waals surface area contributed by atoms with E-state index in [1.807, 2.05) is 12.3 Å². The van der Waals surface area contributed by atoms with Gasteiger partial charge in [-0.2, -0.15) is 0 Å². The van der Waals surface area contributed by atoms with Crippen LogP contribution in [0.3, 0.4) is 0 Å². The quantitative estimate of drug-likeness (QED) is 0.340. The van der Waals surface area contributed by atoms with E-state index in [9.17, 15) is 14.7 Å². The maximum absolute atomic E-state index is 12.3. The predicted molar refractivity (Wildman–Crippen MR) is 144 cm³/mol. The summed E-state index contributed by atoms with van der Waals surface area (Å²) >= 11 is 0. The van der Waals surface area contributed by atoms with Gasteiger partial charge in [0.15, 0.2) is 11.4 Å². The first-order valence-electron chi connectivity index (χ1n) is 12.6. The number of hydrogen-bond donors (Lipinski definition) is 3. The molecule has 194 valence electrons. The lowest BCUT2D eigenvalue weighted by atomic mass is 9.92. The molecule has 0 spiro atoms. The molecule has 2 aromatic heterocycles. The van der Waals surface area contributed by atoms with Gasteiger partial charge in [0.2, 0.25) is 0 Å². The number of carbonyl (C=O) groups excluding carboxylic acids is 1. The highest BCUT2D eigenvalue weighted by Gasteiger charge is 2.23. The fourth-order valence-electron chi connectivity index (χ4n) is 4.96. The monoisotopic (exact) mass is 511 g/mol. The highest BCUT2D eigenvalue weighted by molar-refractivity contribution is 5.96. The third-order valence-corrected chi connectivity index (χ3v) is 6.98. The summed E-state index contributed by atoms with van der Waals surface area (Å²) in [6.07, 6.45) is 4.29. The Morgan fingerprint density at radius 2 is 1.76 bits per heavy atom. The van der Waals surface area contributed by atoms with Gasteiger partial charge in [-0.25, -0.2) is 9.97 Å². The molecular formula is C29H29N5O4. The Morgan fingerprint density at radius 1 is 1.03 bits per heavy atom. The molecule has 1 aliphatic rings. The molecule has 1 saturated heterocycles. The minimum atomic E-state index is -1.17. The molecule has 3 N–H and O–H groups in total. The van der Waals surface area contributed by atoms with E-state index < -0.39 is 18.4 Å². The number of carbonyl (C=O) groups is 2. The summed E-state index contributed by atoms with van der Waals surface area (Å²) in [4.78, 5) is 38.6. The third-order valence-electron chi connectivity index (χ3n) is 6.98. The average molecular weight is 512 g/mol. The van der Waals surface area contributed by atoms with Gasteiger partial charge in [-0.1, -0.05) is 36.4 Å². The zero-order valence-electron chi connectivity index (χ0n) is 21.1. The molecule has 38 heavy (non-hydrogen) atoms. The summed E-state index contributed by atoms with van der Waals surface area (Å²) < 4.78 is 0. The van der Waals surface area contributed by atoms with Crippen LogP contribution in [-0.2, 0) is 11.2 Å². The number of carboxylic acids is 1. The smallest absolute Gasteiger partial charge is 0.322 e. The molecule has 3 heterocycles. The van der Waals surface area contributed by atoms with Gasteiger partial charge in [0, 0.05) is 42.3 Å². The van der Waals surface area contributed by atoms with E-state index in [2.05, 4.69) is 73.7 Å². The van der Waals surface area contributed by atoms with E-state index in [4.69, 9.17) is 5.11 Å². The second kappa shape index (κ2) is 10.8. The SMILES string of the molecule is Cc1nc(CC2CCN(c3ccc(-c4cccc5cccnc45)cc3)CC2)nc(C(=O)NCC(=O)O)c1O. The van der Waals surface area contributed by atoms with Gasteiger partial charge < -0.3 is 20.4 Å². The number of aryl methyl sites for hydroxylation is 1. The van der Waals surface area contributed by atoms with Gasteiger partial charge in [-0.05, 0) is 49.4 Å². The average Bonchev–Trinajstić information content (AvgIpc) is 2.94. The third kappa shape index (κ3) is 5.41. The minimum Gasteiger partial charge on any atom is -0.504 e. The fourth-order valence-corrected chi connectivity index (χ4v) is 4.96. The summed E-state index contributed by atoms with van der Waals surface area (Å²) in [6, 6.07) is 18.9. The van der Waals surface area contributed by atoms with Crippen molar-refractivity contribution in [3.05, 3.63) is 78.0 Å². The summed E-state index contributed by atoms with van der Waals surface area (Å²) in [5.41, 5.74) is 4.54. The van der Waals surface area contributed by atoms with Crippen molar-refractivity contribution < 1.29 is 19.8 Å². The first-order chi connectivity index (χ1) is 18.4. The molecule has 9 heteroatoms. The van der Waals surface area contributed by atoms with Crippen LogP contribution in [0.4, 0.5) is 5.69 Å². The van der Waals surface area contributed by atoms with Gasteiger partial charge in [0.1, 0.15) is 12.4 Å². The number of para-hydroxylation sites is 1. The van der Waals surface area contributed by atoms with Crippen molar-refractivity contribution in [1.29, 1.82) is 0 Å². The molecule has 0 radical (unpaired) electrons. The molecule has 1 fully saturated rings. The van der Waals surface area contributed by atoms with Gasteiger partial charge in [-0.15, -0.1) is 0 Å². The predicted octanol–water partition coefficient (Wildman–Crippen LogP) is 3.98. The molecule has 0 aliphatic carbocycles. The molecule has 0 unspecified atom stereocenters. The molecule has 5 rings (SSSR count). The number of aromatic hydroxyl groups is 1. The number of anilines is 1. The number of pyridine rings is 1. The number of amides is 1. The van der Waals surface area contributed by atoms with E-state index in [0.717, 1.165) is 48.0 Å². The Kier molecular flexibility index (Phi) is 7.17. The largest absolute Gasteiger partial charge is 0.504 e. The molecule has 2 aromatic carbocycles. The van der Waals surface area contributed by atoms with Gasteiger partial charge in [0.25, 0.3) is 5.91 Å². The Morgan fingerprint density at radius 3 is 2.50 bits per heavy atom. The zero-order chi connectivity index (χ0) is 26.6. The van der Waals surface area contributed by atoms with Crippen LogP contribution in [0, 0.1) is 12.8 Å². The Hall–Kier alpha value is -4.53. The van der Waals surface area contributed by atoms with Crippen LogP contribution in [0.1, 0.15) is 34.8 Å². The van der Waals surface area contributed by atoms with Crippen molar-refractivity contribution >= 4 is 28.5 Å². The number of nitrogens with one attached hydrogen (secondary N) is 1. The van der Waals surface area contributed by atoms with Crippen molar-refractivity contribution in [2.24, 2.45) is 5.92 Å². The maximum atomic E-state index is 12.3. The van der Waals surface area contributed by atoms with Crippen LogP contribution < -0.4 is 10.2 Å². The number of carboxylic acid groups (broad SMARTS) is 1. The van der Waals surface area contributed by atoms with Crippen LogP contribution in [0.5, 0.6) is 5.75 Å². The van der Waals surface area contributed by atoms with Crippen LogP contribution in [0.15, 0.2) is 60.8 Å². The van der Waals surface area contributed by atoms with Crippen LogP contribution in [0.25, 0.3) is 22.0 Å². The van der Waals surface area contributed by atoms with E-state index in [1.54, 1.807) is 6.92 Å². The number of benzene rings is 2. The zero-order valence-corrected chi connectivity index (χ0v) is 21.1. The second-order valence-corrected chi connectivity index (χ2v) is 9.56. The summed E-state index contributed by atoms with van der Waals surface area (Å²) in [5, 5.41) is 22.4. The molecule has 1 amide bonds. The maximum Gasteiger partial charge on any atom is 0.322 e. The van der Waals surface area contributed by atoms with Gasteiger partial charge in [-0.3, -0.25) is 14.6 Å². The van der Waals surface area contributed by atoms with Gasteiger partial charge in [0.05, 0.1) is 11.2 Å². The van der Waals surface area contributed by atoms with Crippen LogP contribution in [-0.4, -0.2) is 56.7 Å². The number of rotatable bonds is 7. The number of fused-ring (bicyclic) bond motifs is 1. The Bertz CT molecular complexity index is 1480. The fraction of sp³-hybridized carbons (Fsp3) is 0.276. The lowest BCUT2D eigenvalue weighted by Crippen LogP contribution is -2.34. The molecule has 4 aromatic rings. The number of nitrogens with zero attached hydrogens (tertiary/aromatic N) is 4. The molecular weight excluding hydrogens is 482 g/mol. The lowest BCUT2D eigenvalue weighted by molar-refractivity contribution is -0.135. The molecule has 1 aliphatic heterocycles. The van der Waals surface area contributed by atoms with Gasteiger partial charge >= 0.3 is 5.97 Å². The van der Waals surface area contributed by atoms with Crippen molar-refractivity contribution in [1.82, 2.24) is 20.3 Å². The molecule has 0 bridgehead atoms. The number of aromatic nitrogens is 3. The van der Waals surface area contributed by atoms with E-state index in [1.165, 1.54) is 5.69 Å². The molecule has 0 atom stereocenters. The molecule has 9 nitrogen and oxygen atoms in total. The van der Waals surface area contributed by atoms with Crippen molar-refractivity contribution in [2.45, 2.75) is 26.2 Å². The Labute approximate surface area is 220 Å². The van der Waals surface area contributed by atoms with Crippen molar-refractivity contribution in [3.8, 4) is 16.9 Å². The number of hydrogen-bond acceptors (Lipinski definition) is 7. The van der Waals surface area contributed by atoms with Crippen LogP contribution in [0.2, 0.25) is 0 Å². The Balaban J connectivity index is 1.22. The first kappa shape index (κ1) is 25.1. The van der Waals surface area contributed by atoms with E-state index in [0.29, 0.717) is 23.9 Å². The first-order valence-corrected chi connectivity index (χ1v) is 12.6. The second-order valence-electron chi connectivity index (χ2n) is 9.56. The topological polar surface area (TPSA) is 129 Å². The van der Waals surface area contributed by atoms with Crippen LogP contribution >= 0.6 is 0 Å². The normalized spacial score (nSPS) is 14.0. The van der Waals surface area contributed by atoms with Crippen molar-refractivity contribution in [2.75, 3.05) is 24.5 Å². The molecule has 0 saturated carbocycles. The summed E-state index contributed by atoms with van der Waals surface area (Å²) in [7, 11) is 0. The number of aliphatic carboxylic acids is 1.